The summed E-state index contributed by atoms with van der Waals surface area (Å²) < 4.78 is 1.96. The highest BCUT2D eigenvalue weighted by atomic mass is 32.1. The van der Waals surface area contributed by atoms with Crippen LogP contribution in [-0.4, -0.2) is 27.2 Å². The van der Waals surface area contributed by atoms with Crippen molar-refractivity contribution in [1.82, 2.24) is 9.55 Å². The van der Waals surface area contributed by atoms with Gasteiger partial charge < -0.3 is 15.0 Å². The van der Waals surface area contributed by atoms with Gasteiger partial charge in [-0.2, -0.15) is 0 Å². The van der Waals surface area contributed by atoms with E-state index in [4.69, 9.17) is 5.11 Å². The zero-order chi connectivity index (χ0) is 11.8. The summed E-state index contributed by atoms with van der Waals surface area (Å²) in [5.74, 6) is 0.401. The number of aromatic carboxylic acids is 1. The topological polar surface area (TPSA) is 67.1 Å². The van der Waals surface area contributed by atoms with Crippen LogP contribution in [0, 0.1) is 0 Å². The van der Waals surface area contributed by atoms with E-state index in [0.717, 1.165) is 30.2 Å². The molecular formula is C11H11N3O2S. The number of carbonyl (C=O) groups is 1. The normalized spacial score (nSPS) is 14.1. The van der Waals surface area contributed by atoms with E-state index >= 15 is 0 Å². The molecule has 3 heterocycles. The van der Waals surface area contributed by atoms with Crippen LogP contribution in [0.4, 0.5) is 5.82 Å². The minimum Gasteiger partial charge on any atom is -0.476 e. The molecule has 0 unspecified atom stereocenters. The van der Waals surface area contributed by atoms with Gasteiger partial charge in [0.1, 0.15) is 5.82 Å². The third kappa shape index (κ3) is 1.61. The van der Waals surface area contributed by atoms with Crippen LogP contribution in [0.15, 0.2) is 17.5 Å². The summed E-state index contributed by atoms with van der Waals surface area (Å²) in [7, 11) is 0. The van der Waals surface area contributed by atoms with Crippen LogP contribution >= 0.6 is 11.3 Å². The molecule has 2 aromatic heterocycles. The largest absolute Gasteiger partial charge is 0.476 e. The number of imidazole rings is 1. The molecule has 1 aliphatic rings. The van der Waals surface area contributed by atoms with E-state index in [0.29, 0.717) is 5.82 Å². The van der Waals surface area contributed by atoms with Crippen LogP contribution in [0.5, 0.6) is 0 Å². The molecule has 2 aromatic rings. The molecule has 0 radical (unpaired) electrons. The average Bonchev–Trinajstić information content (AvgIpc) is 2.95. The Bertz CT molecular complexity index is 560. The van der Waals surface area contributed by atoms with Gasteiger partial charge in [-0.05, 0) is 17.9 Å². The van der Waals surface area contributed by atoms with Crippen molar-refractivity contribution in [3.8, 4) is 10.7 Å². The number of rotatable bonds is 2. The second kappa shape index (κ2) is 3.89. The first kappa shape index (κ1) is 10.3. The number of anilines is 1. The number of thiophene rings is 1. The molecule has 0 spiro atoms. The monoisotopic (exact) mass is 249 g/mol. The Morgan fingerprint density at radius 3 is 3.18 bits per heavy atom. The van der Waals surface area contributed by atoms with Gasteiger partial charge in [0.2, 0.25) is 0 Å². The molecule has 0 fully saturated rings. The first-order valence-corrected chi connectivity index (χ1v) is 6.27. The molecule has 0 aliphatic carbocycles. The summed E-state index contributed by atoms with van der Waals surface area (Å²) in [5.41, 5.74) is 0.119. The fourth-order valence-electron chi connectivity index (χ4n) is 2.04. The van der Waals surface area contributed by atoms with Crippen molar-refractivity contribution in [1.29, 1.82) is 0 Å². The van der Waals surface area contributed by atoms with E-state index in [-0.39, 0.29) is 5.69 Å². The standard InChI is InChI=1S/C11H11N3O2S/c15-11(16)8-10-12-4-2-5-14(10)9(13-8)7-3-1-6-17-7/h1,3,6,12H,2,4-5H2,(H,15,16). The maximum atomic E-state index is 11.1. The van der Waals surface area contributed by atoms with Crippen LogP contribution in [-0.2, 0) is 6.54 Å². The molecule has 0 bridgehead atoms. The minimum atomic E-state index is -0.981. The third-order valence-corrected chi connectivity index (χ3v) is 3.63. The van der Waals surface area contributed by atoms with Crippen molar-refractivity contribution in [2.24, 2.45) is 0 Å². The number of fused-ring (bicyclic) bond motifs is 1. The van der Waals surface area contributed by atoms with Crippen molar-refractivity contribution < 1.29 is 9.90 Å². The van der Waals surface area contributed by atoms with E-state index in [1.165, 1.54) is 0 Å². The van der Waals surface area contributed by atoms with E-state index in [1.807, 2.05) is 22.1 Å². The lowest BCUT2D eigenvalue weighted by molar-refractivity contribution is 0.0692. The molecule has 0 atom stereocenters. The second-order valence-electron chi connectivity index (χ2n) is 3.85. The number of aromatic nitrogens is 2. The van der Waals surface area contributed by atoms with Gasteiger partial charge in [0.05, 0.1) is 4.88 Å². The first-order chi connectivity index (χ1) is 8.27. The van der Waals surface area contributed by atoms with Crippen LogP contribution in [0.2, 0.25) is 0 Å². The Morgan fingerprint density at radius 2 is 2.47 bits per heavy atom. The number of carboxylic acids is 1. The summed E-state index contributed by atoms with van der Waals surface area (Å²) in [6, 6.07) is 3.90. The molecule has 3 rings (SSSR count). The van der Waals surface area contributed by atoms with Crippen LogP contribution in [0.25, 0.3) is 10.7 Å². The summed E-state index contributed by atoms with van der Waals surface area (Å²) >= 11 is 1.57. The number of carboxylic acid groups (broad SMARTS) is 1. The second-order valence-corrected chi connectivity index (χ2v) is 4.79. The molecule has 88 valence electrons. The Labute approximate surface area is 102 Å². The molecule has 0 saturated heterocycles. The van der Waals surface area contributed by atoms with Crippen LogP contribution < -0.4 is 5.32 Å². The predicted molar refractivity (Wildman–Crippen MR) is 65.6 cm³/mol. The summed E-state index contributed by atoms with van der Waals surface area (Å²) in [6.07, 6.45) is 0.987. The van der Waals surface area contributed by atoms with E-state index < -0.39 is 5.97 Å². The van der Waals surface area contributed by atoms with Crippen molar-refractivity contribution in [3.05, 3.63) is 23.2 Å². The molecule has 5 nitrogen and oxygen atoms in total. The van der Waals surface area contributed by atoms with Gasteiger partial charge in [-0.3, -0.25) is 0 Å². The third-order valence-electron chi connectivity index (χ3n) is 2.76. The number of hydrogen-bond donors (Lipinski definition) is 2. The number of nitrogens with one attached hydrogen (secondary N) is 1. The molecule has 6 heteroatoms. The fraction of sp³-hybridized carbons (Fsp3) is 0.273. The highest BCUT2D eigenvalue weighted by Crippen LogP contribution is 2.31. The molecular weight excluding hydrogens is 238 g/mol. The quantitative estimate of drug-likeness (QED) is 0.855. The summed E-state index contributed by atoms with van der Waals surface area (Å²) in [4.78, 5) is 16.4. The summed E-state index contributed by atoms with van der Waals surface area (Å²) in [6.45, 7) is 1.62. The van der Waals surface area contributed by atoms with E-state index in [1.54, 1.807) is 11.3 Å². The average molecular weight is 249 g/mol. The van der Waals surface area contributed by atoms with Crippen molar-refractivity contribution >= 4 is 23.1 Å². The van der Waals surface area contributed by atoms with Gasteiger partial charge in [0, 0.05) is 13.1 Å². The van der Waals surface area contributed by atoms with Gasteiger partial charge >= 0.3 is 5.97 Å². The Balaban J connectivity index is 2.19. The highest BCUT2D eigenvalue weighted by Gasteiger charge is 2.24. The van der Waals surface area contributed by atoms with Gasteiger partial charge in [-0.1, -0.05) is 6.07 Å². The lowest BCUT2D eigenvalue weighted by atomic mass is 10.3. The highest BCUT2D eigenvalue weighted by molar-refractivity contribution is 7.13. The number of hydrogen-bond acceptors (Lipinski definition) is 4. The smallest absolute Gasteiger partial charge is 0.358 e. The van der Waals surface area contributed by atoms with E-state index in [2.05, 4.69) is 10.3 Å². The van der Waals surface area contributed by atoms with E-state index in [9.17, 15) is 4.79 Å². The van der Waals surface area contributed by atoms with Gasteiger partial charge in [0.15, 0.2) is 11.5 Å². The molecule has 0 amide bonds. The van der Waals surface area contributed by atoms with Crippen LogP contribution in [0.1, 0.15) is 16.9 Å². The fourth-order valence-corrected chi connectivity index (χ4v) is 2.76. The maximum Gasteiger partial charge on any atom is 0.358 e. The Kier molecular flexibility index (Phi) is 2.36. The molecule has 0 saturated carbocycles. The van der Waals surface area contributed by atoms with Crippen molar-refractivity contribution in [2.75, 3.05) is 11.9 Å². The van der Waals surface area contributed by atoms with Crippen molar-refractivity contribution in [3.63, 3.8) is 0 Å². The first-order valence-electron chi connectivity index (χ1n) is 5.39. The SMILES string of the molecule is O=C(O)c1nc(-c2cccs2)n2c1NCCC2. The maximum absolute atomic E-state index is 11.1. The van der Waals surface area contributed by atoms with Crippen LogP contribution in [0.3, 0.4) is 0 Å². The predicted octanol–water partition coefficient (Wildman–Crippen LogP) is 2.13. The zero-order valence-corrected chi connectivity index (χ0v) is 9.83. The molecule has 0 aromatic carbocycles. The van der Waals surface area contributed by atoms with Crippen molar-refractivity contribution in [2.45, 2.75) is 13.0 Å². The minimum absolute atomic E-state index is 0.119. The number of nitrogens with zero attached hydrogens (tertiary/aromatic N) is 2. The van der Waals surface area contributed by atoms with Gasteiger partial charge in [-0.15, -0.1) is 11.3 Å². The zero-order valence-electron chi connectivity index (χ0n) is 9.01. The Morgan fingerprint density at radius 1 is 1.59 bits per heavy atom. The van der Waals surface area contributed by atoms with Gasteiger partial charge in [-0.25, -0.2) is 9.78 Å². The molecule has 17 heavy (non-hydrogen) atoms. The van der Waals surface area contributed by atoms with Gasteiger partial charge in [0.25, 0.3) is 0 Å². The molecule has 2 N–H and O–H groups in total. The summed E-state index contributed by atoms with van der Waals surface area (Å²) in [5, 5.41) is 14.2. The molecule has 1 aliphatic heterocycles. The lowest BCUT2D eigenvalue weighted by Crippen LogP contribution is -2.18. The Hall–Kier alpha value is -1.82. The lowest BCUT2D eigenvalue weighted by Gasteiger charge is -2.18.